The van der Waals surface area contributed by atoms with Crippen molar-refractivity contribution in [2.24, 2.45) is 11.8 Å². The molecule has 1 aliphatic rings. The van der Waals surface area contributed by atoms with Crippen molar-refractivity contribution in [1.29, 1.82) is 0 Å². The van der Waals surface area contributed by atoms with Gasteiger partial charge in [0.2, 0.25) is 0 Å². The molecule has 28 heavy (non-hydrogen) atoms. The Bertz CT molecular complexity index is 617. The minimum atomic E-state index is -1.97. The van der Waals surface area contributed by atoms with Gasteiger partial charge in [-0.3, -0.25) is 4.79 Å². The number of hydrogen-bond donors (Lipinski definition) is 1. The van der Waals surface area contributed by atoms with Gasteiger partial charge in [0, 0.05) is 0 Å². The van der Waals surface area contributed by atoms with Gasteiger partial charge in [0.05, 0.1) is 19.2 Å². The van der Waals surface area contributed by atoms with E-state index in [9.17, 15) is 9.90 Å². The second kappa shape index (κ2) is 9.13. The Morgan fingerprint density at radius 2 is 1.54 bits per heavy atom. The highest BCUT2D eigenvalue weighted by Crippen LogP contribution is 2.47. The molecule has 0 heterocycles. The molecule has 0 unspecified atom stereocenters. The zero-order chi connectivity index (χ0) is 21.1. The van der Waals surface area contributed by atoms with Crippen LogP contribution in [0.3, 0.4) is 0 Å². The molecule has 2 rings (SSSR count). The molecule has 1 atom stereocenters. The minimum absolute atomic E-state index is 0.101. The first-order valence-corrected chi connectivity index (χ1v) is 14.5. The van der Waals surface area contributed by atoms with Gasteiger partial charge in [-0.1, -0.05) is 77.7 Å². The number of ether oxygens (including phenoxy) is 1. The van der Waals surface area contributed by atoms with Crippen LogP contribution in [0.5, 0.6) is 0 Å². The highest BCUT2D eigenvalue weighted by molar-refractivity contribution is 6.80. The van der Waals surface area contributed by atoms with E-state index >= 15 is 0 Å². The maximum absolute atomic E-state index is 13.3. The van der Waals surface area contributed by atoms with Gasteiger partial charge in [-0.2, -0.15) is 0 Å². The standard InChI is InChI=1S/C24H40O3Si/c1-17(2)21(18(3)4)27-23(25)22(28(5,6)7)24(26)15-13-20(14-16-24)19-11-9-8-10-12-19/h8-12,17-18,20-22,26H,13-16H2,1-7H3/t20?,22-,24?/m0/s1. The lowest BCUT2D eigenvalue weighted by atomic mass is 9.74. The Hall–Kier alpha value is -1.13. The molecule has 1 N–H and O–H groups in total. The molecule has 3 nitrogen and oxygen atoms in total. The second-order valence-electron chi connectivity index (χ2n) is 10.5. The van der Waals surface area contributed by atoms with E-state index in [2.05, 4.69) is 71.6 Å². The first kappa shape index (κ1) is 23.1. The average molecular weight is 405 g/mol. The summed E-state index contributed by atoms with van der Waals surface area (Å²) in [5.41, 5.74) is 0.0267. The molecular formula is C24H40O3Si. The van der Waals surface area contributed by atoms with Crippen molar-refractivity contribution in [2.45, 2.75) is 96.2 Å². The van der Waals surface area contributed by atoms with Crippen LogP contribution in [0, 0.1) is 11.8 Å². The van der Waals surface area contributed by atoms with Gasteiger partial charge >= 0.3 is 5.97 Å². The van der Waals surface area contributed by atoms with Gasteiger partial charge in [-0.25, -0.2) is 0 Å². The van der Waals surface area contributed by atoms with Crippen molar-refractivity contribution in [3.8, 4) is 0 Å². The quantitative estimate of drug-likeness (QED) is 0.447. The van der Waals surface area contributed by atoms with Crippen LogP contribution in [0.25, 0.3) is 0 Å². The largest absolute Gasteiger partial charge is 0.462 e. The van der Waals surface area contributed by atoms with Crippen LogP contribution in [0.4, 0.5) is 0 Å². The third-order valence-corrected chi connectivity index (χ3v) is 8.83. The van der Waals surface area contributed by atoms with E-state index in [1.807, 2.05) is 6.07 Å². The lowest BCUT2D eigenvalue weighted by molar-refractivity contribution is -0.161. The summed E-state index contributed by atoms with van der Waals surface area (Å²) in [5.74, 6) is 0.843. The van der Waals surface area contributed by atoms with Crippen molar-refractivity contribution in [3.63, 3.8) is 0 Å². The summed E-state index contributed by atoms with van der Waals surface area (Å²) in [5, 5.41) is 11.6. The molecule has 0 radical (unpaired) electrons. The SMILES string of the molecule is CC(C)C(OC(=O)[C@@H](C1(O)CCC(c2ccccc2)CC1)[Si](C)(C)C)C(C)C. The zero-order valence-corrected chi connectivity index (χ0v) is 19.9. The van der Waals surface area contributed by atoms with Gasteiger partial charge in [0.25, 0.3) is 0 Å². The fourth-order valence-corrected chi connectivity index (χ4v) is 7.76. The predicted octanol–water partition coefficient (Wildman–Crippen LogP) is 6.01. The fourth-order valence-electron chi connectivity index (χ4n) is 5.09. The monoisotopic (exact) mass is 404 g/mol. The van der Waals surface area contributed by atoms with Crippen LogP contribution >= 0.6 is 0 Å². The lowest BCUT2D eigenvalue weighted by Crippen LogP contribution is -2.52. The van der Waals surface area contributed by atoms with Crippen molar-refractivity contribution in [3.05, 3.63) is 35.9 Å². The fraction of sp³-hybridized carbons (Fsp3) is 0.708. The maximum Gasteiger partial charge on any atom is 0.309 e. The normalized spacial score (nSPS) is 24.6. The smallest absolute Gasteiger partial charge is 0.309 e. The van der Waals surface area contributed by atoms with E-state index in [0.29, 0.717) is 18.8 Å². The number of esters is 1. The summed E-state index contributed by atoms with van der Waals surface area (Å²) in [4.78, 5) is 13.3. The van der Waals surface area contributed by atoms with E-state index in [-0.39, 0.29) is 29.5 Å². The molecule has 0 saturated heterocycles. The van der Waals surface area contributed by atoms with E-state index in [0.717, 1.165) is 12.8 Å². The van der Waals surface area contributed by atoms with Crippen molar-refractivity contribution >= 4 is 14.0 Å². The highest BCUT2D eigenvalue weighted by Gasteiger charge is 2.51. The van der Waals surface area contributed by atoms with Gasteiger partial charge in [-0.15, -0.1) is 0 Å². The molecule has 4 heteroatoms. The Morgan fingerprint density at radius 3 is 1.96 bits per heavy atom. The molecule has 0 amide bonds. The van der Waals surface area contributed by atoms with Crippen LogP contribution < -0.4 is 0 Å². The Labute approximate surface area is 172 Å². The first-order chi connectivity index (χ1) is 13.0. The van der Waals surface area contributed by atoms with Crippen molar-refractivity contribution < 1.29 is 14.6 Å². The van der Waals surface area contributed by atoms with E-state index < -0.39 is 13.7 Å². The molecular weight excluding hydrogens is 364 g/mol. The van der Waals surface area contributed by atoms with E-state index in [4.69, 9.17) is 4.74 Å². The molecule has 0 spiro atoms. The molecule has 1 fully saturated rings. The van der Waals surface area contributed by atoms with Crippen LogP contribution in [-0.4, -0.2) is 30.9 Å². The van der Waals surface area contributed by atoms with Crippen LogP contribution in [0.1, 0.15) is 64.9 Å². The summed E-state index contributed by atoms with van der Waals surface area (Å²) in [6.45, 7) is 14.9. The van der Waals surface area contributed by atoms with Crippen LogP contribution in [0.2, 0.25) is 25.2 Å². The van der Waals surface area contributed by atoms with Crippen molar-refractivity contribution in [1.82, 2.24) is 0 Å². The summed E-state index contributed by atoms with van der Waals surface area (Å²) in [6, 6.07) is 10.6. The Morgan fingerprint density at radius 1 is 1.04 bits per heavy atom. The molecule has 1 aromatic carbocycles. The molecule has 0 aromatic heterocycles. The summed E-state index contributed by atoms with van der Waals surface area (Å²) >= 11 is 0. The Kier molecular flexibility index (Phi) is 7.54. The van der Waals surface area contributed by atoms with Gasteiger partial charge in [0.1, 0.15) is 6.10 Å². The minimum Gasteiger partial charge on any atom is -0.462 e. The molecule has 0 aliphatic heterocycles. The van der Waals surface area contributed by atoms with Gasteiger partial charge in [-0.05, 0) is 49.0 Å². The third kappa shape index (κ3) is 5.47. The molecule has 1 aliphatic carbocycles. The second-order valence-corrected chi connectivity index (χ2v) is 15.8. The predicted molar refractivity (Wildman–Crippen MR) is 119 cm³/mol. The van der Waals surface area contributed by atoms with Crippen LogP contribution in [0.15, 0.2) is 30.3 Å². The molecule has 1 aromatic rings. The number of aliphatic hydroxyl groups is 1. The number of hydrogen-bond acceptors (Lipinski definition) is 3. The average Bonchev–Trinajstić information content (AvgIpc) is 2.59. The third-order valence-electron chi connectivity index (χ3n) is 6.33. The molecule has 158 valence electrons. The Balaban J connectivity index is 2.18. The van der Waals surface area contributed by atoms with E-state index in [1.54, 1.807) is 0 Å². The number of rotatable bonds is 7. The maximum atomic E-state index is 13.3. The van der Waals surface area contributed by atoms with Gasteiger partial charge < -0.3 is 9.84 Å². The summed E-state index contributed by atoms with van der Waals surface area (Å²) < 4.78 is 6.03. The molecule has 0 bridgehead atoms. The zero-order valence-electron chi connectivity index (χ0n) is 18.9. The first-order valence-electron chi connectivity index (χ1n) is 10.9. The van der Waals surface area contributed by atoms with Gasteiger partial charge in [0.15, 0.2) is 0 Å². The number of carbonyl (C=O) groups excluding carboxylic acids is 1. The van der Waals surface area contributed by atoms with E-state index in [1.165, 1.54) is 5.56 Å². The topological polar surface area (TPSA) is 46.5 Å². The number of benzene rings is 1. The van der Waals surface area contributed by atoms with Crippen molar-refractivity contribution in [2.75, 3.05) is 0 Å². The van der Waals surface area contributed by atoms with Crippen LogP contribution in [-0.2, 0) is 9.53 Å². The molecule has 1 saturated carbocycles. The summed E-state index contributed by atoms with van der Waals surface area (Å²) in [7, 11) is -1.97. The summed E-state index contributed by atoms with van der Waals surface area (Å²) in [6.07, 6.45) is 3.09. The highest BCUT2D eigenvalue weighted by atomic mass is 28.3. The number of carbonyl (C=O) groups is 1. The lowest BCUT2D eigenvalue weighted by Gasteiger charge is -2.45.